The van der Waals surface area contributed by atoms with Crippen molar-refractivity contribution in [1.29, 1.82) is 0 Å². The van der Waals surface area contributed by atoms with Gasteiger partial charge in [-0.1, -0.05) is 6.07 Å². The van der Waals surface area contributed by atoms with Gasteiger partial charge in [-0.25, -0.2) is 9.59 Å². The lowest BCUT2D eigenvalue weighted by molar-refractivity contribution is -0.0122. The van der Waals surface area contributed by atoms with Crippen LogP contribution in [0, 0.1) is 5.92 Å². The Hall–Kier alpha value is -2.28. The fourth-order valence-corrected chi connectivity index (χ4v) is 3.93. The average Bonchev–Trinajstić information content (AvgIpc) is 2.70. The molecule has 2 aliphatic heterocycles. The number of carbonyl (C=O) groups is 2. The first-order chi connectivity index (χ1) is 13.7. The summed E-state index contributed by atoms with van der Waals surface area (Å²) in [5.74, 6) is 0.754. The van der Waals surface area contributed by atoms with Crippen molar-refractivity contribution in [2.75, 3.05) is 39.9 Å². The zero-order valence-corrected chi connectivity index (χ0v) is 17.8. The van der Waals surface area contributed by atoms with Crippen molar-refractivity contribution in [2.24, 2.45) is 5.92 Å². The van der Waals surface area contributed by atoms with Gasteiger partial charge in [-0.2, -0.15) is 0 Å². The summed E-state index contributed by atoms with van der Waals surface area (Å²) >= 11 is 0. The largest absolute Gasteiger partial charge is 0.493 e. The van der Waals surface area contributed by atoms with Crippen LogP contribution in [0.5, 0.6) is 5.75 Å². The number of rotatable bonds is 4. The maximum atomic E-state index is 12.3. The number of amides is 1. The van der Waals surface area contributed by atoms with Crippen LogP contribution in [0.4, 0.5) is 4.79 Å². The second-order valence-corrected chi connectivity index (χ2v) is 8.85. The van der Waals surface area contributed by atoms with Crippen molar-refractivity contribution in [1.82, 2.24) is 9.80 Å². The van der Waals surface area contributed by atoms with Crippen molar-refractivity contribution in [3.05, 3.63) is 29.8 Å². The van der Waals surface area contributed by atoms with E-state index in [0.29, 0.717) is 36.4 Å². The van der Waals surface area contributed by atoms with Gasteiger partial charge in [0.15, 0.2) is 0 Å². The number of carbonyl (C=O) groups excluding carboxylic acids is 2. The first-order valence-electron chi connectivity index (χ1n) is 10.3. The van der Waals surface area contributed by atoms with E-state index in [1.807, 2.05) is 31.7 Å². The van der Waals surface area contributed by atoms with Gasteiger partial charge in [-0.3, -0.25) is 4.90 Å². The van der Waals surface area contributed by atoms with Gasteiger partial charge < -0.3 is 19.1 Å². The summed E-state index contributed by atoms with van der Waals surface area (Å²) in [5, 5.41) is 0. The van der Waals surface area contributed by atoms with Gasteiger partial charge in [0.05, 0.1) is 19.3 Å². The number of hydrogen-bond donors (Lipinski definition) is 0. The van der Waals surface area contributed by atoms with Gasteiger partial charge in [0, 0.05) is 38.1 Å². The molecule has 7 heteroatoms. The van der Waals surface area contributed by atoms with Crippen LogP contribution in [0.3, 0.4) is 0 Å². The predicted octanol–water partition coefficient (Wildman–Crippen LogP) is 3.18. The summed E-state index contributed by atoms with van der Waals surface area (Å²) in [4.78, 5) is 28.3. The first-order valence-corrected chi connectivity index (χ1v) is 10.3. The molecule has 0 unspecified atom stereocenters. The van der Waals surface area contributed by atoms with Crippen molar-refractivity contribution < 1.29 is 23.8 Å². The number of hydrogen-bond acceptors (Lipinski definition) is 6. The van der Waals surface area contributed by atoms with Gasteiger partial charge >= 0.3 is 12.1 Å². The molecule has 0 aromatic heterocycles. The molecule has 0 bridgehead atoms. The zero-order valence-electron chi connectivity index (χ0n) is 17.8. The minimum Gasteiger partial charge on any atom is -0.493 e. The summed E-state index contributed by atoms with van der Waals surface area (Å²) in [5.41, 5.74) is 0.0287. The fourth-order valence-electron chi connectivity index (χ4n) is 3.93. The van der Waals surface area contributed by atoms with Crippen LogP contribution in [0.25, 0.3) is 0 Å². The maximum Gasteiger partial charge on any atom is 0.410 e. The van der Waals surface area contributed by atoms with Crippen LogP contribution in [0.15, 0.2) is 24.3 Å². The number of fused-ring (bicyclic) bond motifs is 1. The summed E-state index contributed by atoms with van der Waals surface area (Å²) in [6.07, 6.45) is 1.88. The second kappa shape index (κ2) is 9.03. The highest BCUT2D eigenvalue weighted by molar-refractivity contribution is 5.89. The monoisotopic (exact) mass is 404 g/mol. The Morgan fingerprint density at radius 2 is 1.93 bits per heavy atom. The molecule has 29 heavy (non-hydrogen) atoms. The fraction of sp³-hybridized carbons (Fsp3) is 0.636. The molecule has 1 aromatic rings. The van der Waals surface area contributed by atoms with Gasteiger partial charge in [0.25, 0.3) is 0 Å². The number of nitrogens with zero attached hydrogens (tertiary/aromatic N) is 2. The minimum absolute atomic E-state index is 0.215. The molecular weight excluding hydrogens is 372 g/mol. The molecule has 0 radical (unpaired) electrons. The first kappa shape index (κ1) is 21.4. The van der Waals surface area contributed by atoms with E-state index in [9.17, 15) is 9.59 Å². The average molecular weight is 405 g/mol. The molecule has 3 rings (SSSR count). The standard InChI is InChI=1S/C22H32N2O5/c1-22(2,3)29-21(26)24-11-10-23-13-16(8-9-18(23)14-24)15-28-19-7-5-6-17(12-19)20(25)27-4/h5-7,12,16,18H,8-11,13-15H2,1-4H3/t16-,18-/m1/s1. The molecule has 0 N–H and O–H groups in total. The molecule has 1 amide bonds. The topological polar surface area (TPSA) is 68.3 Å². The number of methoxy groups -OCH3 is 1. The Balaban J connectivity index is 1.48. The van der Waals surface area contributed by atoms with E-state index in [4.69, 9.17) is 14.2 Å². The number of piperidine rings is 1. The van der Waals surface area contributed by atoms with Gasteiger partial charge in [0.2, 0.25) is 0 Å². The minimum atomic E-state index is -0.464. The van der Waals surface area contributed by atoms with Crippen molar-refractivity contribution >= 4 is 12.1 Å². The molecule has 0 spiro atoms. The second-order valence-electron chi connectivity index (χ2n) is 8.85. The van der Waals surface area contributed by atoms with Crippen LogP contribution in [0.1, 0.15) is 44.0 Å². The molecule has 2 heterocycles. The van der Waals surface area contributed by atoms with E-state index in [-0.39, 0.29) is 12.1 Å². The lowest BCUT2D eigenvalue weighted by Crippen LogP contribution is -2.58. The van der Waals surface area contributed by atoms with E-state index in [1.165, 1.54) is 7.11 Å². The van der Waals surface area contributed by atoms with Crippen LogP contribution in [-0.2, 0) is 9.47 Å². The molecule has 2 aliphatic rings. The van der Waals surface area contributed by atoms with Crippen LogP contribution < -0.4 is 4.74 Å². The third-order valence-corrected chi connectivity index (χ3v) is 5.40. The highest BCUT2D eigenvalue weighted by atomic mass is 16.6. The van der Waals surface area contributed by atoms with Crippen molar-refractivity contribution in [3.63, 3.8) is 0 Å². The van der Waals surface area contributed by atoms with E-state index < -0.39 is 5.60 Å². The molecule has 0 saturated carbocycles. The van der Waals surface area contributed by atoms with Crippen LogP contribution >= 0.6 is 0 Å². The quantitative estimate of drug-likeness (QED) is 0.718. The van der Waals surface area contributed by atoms with Crippen molar-refractivity contribution in [2.45, 2.75) is 45.3 Å². The molecule has 2 atom stereocenters. The van der Waals surface area contributed by atoms with Crippen molar-refractivity contribution in [3.8, 4) is 5.75 Å². The van der Waals surface area contributed by atoms with E-state index in [1.54, 1.807) is 18.2 Å². The third-order valence-electron chi connectivity index (χ3n) is 5.40. The highest BCUT2D eigenvalue weighted by Gasteiger charge is 2.35. The zero-order chi connectivity index (χ0) is 21.0. The molecule has 160 valence electrons. The Bertz CT molecular complexity index is 730. The number of benzene rings is 1. The summed E-state index contributed by atoms with van der Waals surface area (Å²) in [7, 11) is 1.37. The number of piperazine rings is 1. The summed E-state index contributed by atoms with van der Waals surface area (Å²) in [6, 6.07) is 7.48. The Morgan fingerprint density at radius 3 is 2.66 bits per heavy atom. The van der Waals surface area contributed by atoms with Gasteiger partial charge in [0.1, 0.15) is 11.4 Å². The van der Waals surface area contributed by atoms with E-state index in [0.717, 1.165) is 32.5 Å². The lowest BCUT2D eigenvalue weighted by atomic mass is 9.91. The van der Waals surface area contributed by atoms with Gasteiger partial charge in [-0.05, 0) is 51.8 Å². The number of ether oxygens (including phenoxy) is 3. The lowest BCUT2D eigenvalue weighted by Gasteiger charge is -2.46. The Labute approximate surface area is 172 Å². The number of esters is 1. The molecular formula is C22H32N2O5. The molecule has 0 aliphatic carbocycles. The third kappa shape index (κ3) is 5.85. The van der Waals surface area contributed by atoms with Crippen LogP contribution in [-0.4, -0.2) is 73.4 Å². The molecule has 2 fully saturated rings. The molecule has 2 saturated heterocycles. The summed E-state index contributed by atoms with van der Waals surface area (Å²) < 4.78 is 16.2. The summed E-state index contributed by atoms with van der Waals surface area (Å²) in [6.45, 7) is 9.54. The van der Waals surface area contributed by atoms with Gasteiger partial charge in [-0.15, -0.1) is 0 Å². The Morgan fingerprint density at radius 1 is 1.14 bits per heavy atom. The molecule has 1 aromatic carbocycles. The normalized spacial score (nSPS) is 22.6. The van der Waals surface area contributed by atoms with Crippen LogP contribution in [0.2, 0.25) is 0 Å². The highest BCUT2D eigenvalue weighted by Crippen LogP contribution is 2.27. The predicted molar refractivity (Wildman–Crippen MR) is 109 cm³/mol. The van der Waals surface area contributed by atoms with E-state index in [2.05, 4.69) is 4.90 Å². The SMILES string of the molecule is COC(=O)c1cccc(OC[C@@H]2CC[C@@H]3CN(C(=O)OC(C)(C)C)CCN3C2)c1. The maximum absolute atomic E-state index is 12.3. The Kier molecular flexibility index (Phi) is 6.67. The molecule has 7 nitrogen and oxygen atoms in total. The smallest absolute Gasteiger partial charge is 0.410 e. The van der Waals surface area contributed by atoms with E-state index >= 15 is 0 Å².